The fourth-order valence-corrected chi connectivity index (χ4v) is 5.26. The number of thioether (sulfide) groups is 1. The maximum atomic E-state index is 11.1. The van der Waals surface area contributed by atoms with Gasteiger partial charge in [0.1, 0.15) is 16.5 Å². The molecule has 0 bridgehead atoms. The first kappa shape index (κ1) is 21.9. The summed E-state index contributed by atoms with van der Waals surface area (Å²) < 4.78 is 11.6. The number of para-hydroxylation sites is 1. The van der Waals surface area contributed by atoms with Crippen LogP contribution in [-0.2, 0) is 9.53 Å². The number of aliphatic imine (C=N–C) groups is 1. The molecule has 3 heterocycles. The van der Waals surface area contributed by atoms with Gasteiger partial charge in [-0.25, -0.2) is 0 Å². The van der Waals surface area contributed by atoms with Crippen LogP contribution < -0.4 is 10.1 Å². The van der Waals surface area contributed by atoms with E-state index in [2.05, 4.69) is 21.4 Å². The van der Waals surface area contributed by atoms with Crippen LogP contribution in [0, 0.1) is 5.92 Å². The van der Waals surface area contributed by atoms with E-state index in [1.54, 1.807) is 11.8 Å². The number of rotatable bonds is 8. The molecule has 7 nitrogen and oxygen atoms in total. The molecule has 0 aliphatic carbocycles. The van der Waals surface area contributed by atoms with Crippen molar-refractivity contribution in [2.75, 3.05) is 30.8 Å². The van der Waals surface area contributed by atoms with Crippen LogP contribution in [0.5, 0.6) is 11.5 Å². The number of nitrogens with one attached hydrogen (secondary N) is 2. The standard InChI is InChI=1S/C25H27N3O4S/c29-23(30)12-18-15-33-25(27-18)22-11-17-10-20(32-19-4-2-1-3-5-19)13-21(24(17)28-22)26-14-16-6-8-31-9-7-16/h1-5,10-11,13,16,18,26,28H,6-9,12,14-15H2,(H,29,30)/t18-/m0/s1. The minimum absolute atomic E-state index is 0.0592. The van der Waals surface area contributed by atoms with E-state index >= 15 is 0 Å². The number of hydrogen-bond acceptors (Lipinski definition) is 6. The summed E-state index contributed by atoms with van der Waals surface area (Å²) in [5.41, 5.74) is 2.90. The molecule has 5 rings (SSSR count). The first-order valence-electron chi connectivity index (χ1n) is 11.3. The molecule has 1 fully saturated rings. The lowest BCUT2D eigenvalue weighted by Gasteiger charge is -2.23. The zero-order valence-corrected chi connectivity index (χ0v) is 19.1. The Morgan fingerprint density at radius 3 is 2.79 bits per heavy atom. The Bertz CT molecular complexity index is 1160. The molecule has 0 radical (unpaired) electrons. The molecule has 2 aliphatic rings. The summed E-state index contributed by atoms with van der Waals surface area (Å²) in [5, 5.41) is 14.6. The molecular weight excluding hydrogens is 438 g/mol. The van der Waals surface area contributed by atoms with Crippen LogP contribution in [0.15, 0.2) is 53.5 Å². The highest BCUT2D eigenvalue weighted by molar-refractivity contribution is 8.14. The highest BCUT2D eigenvalue weighted by atomic mass is 32.2. The van der Waals surface area contributed by atoms with Crippen molar-refractivity contribution in [2.24, 2.45) is 10.9 Å². The number of hydrogen-bond donors (Lipinski definition) is 3. The molecule has 2 aliphatic heterocycles. The van der Waals surface area contributed by atoms with Gasteiger partial charge >= 0.3 is 5.97 Å². The van der Waals surface area contributed by atoms with Crippen LogP contribution in [0.4, 0.5) is 5.69 Å². The Hall–Kier alpha value is -2.97. The number of benzene rings is 2. The van der Waals surface area contributed by atoms with E-state index in [9.17, 15) is 4.79 Å². The fraction of sp³-hybridized carbons (Fsp3) is 0.360. The summed E-state index contributed by atoms with van der Waals surface area (Å²) in [6.45, 7) is 2.51. The molecule has 8 heteroatoms. The van der Waals surface area contributed by atoms with Crippen LogP contribution in [-0.4, -0.2) is 52.7 Å². The van der Waals surface area contributed by atoms with E-state index in [-0.39, 0.29) is 12.5 Å². The number of anilines is 1. The second-order valence-electron chi connectivity index (χ2n) is 8.47. The molecule has 0 unspecified atom stereocenters. The predicted octanol–water partition coefficient (Wildman–Crippen LogP) is 5.14. The van der Waals surface area contributed by atoms with Gasteiger partial charge in [0.15, 0.2) is 0 Å². The number of aromatic nitrogens is 1. The van der Waals surface area contributed by atoms with E-state index in [1.807, 2.05) is 42.5 Å². The SMILES string of the molecule is O=C(O)C[C@H]1CSC(c2cc3cc(Oc4ccccc4)cc(NCC4CCOCC4)c3[nH]2)=N1. The number of aromatic amines is 1. The van der Waals surface area contributed by atoms with Crippen molar-refractivity contribution in [2.45, 2.75) is 25.3 Å². The Labute approximate surface area is 196 Å². The second kappa shape index (κ2) is 9.89. The Morgan fingerprint density at radius 1 is 1.18 bits per heavy atom. The van der Waals surface area contributed by atoms with Gasteiger partial charge in [0, 0.05) is 37.0 Å². The van der Waals surface area contributed by atoms with E-state index in [0.717, 1.165) is 71.4 Å². The van der Waals surface area contributed by atoms with Gasteiger partial charge in [0.2, 0.25) is 0 Å². The number of nitrogens with zero attached hydrogens (tertiary/aromatic N) is 1. The Kier molecular flexibility index (Phi) is 6.55. The first-order chi connectivity index (χ1) is 16.1. The molecule has 3 N–H and O–H groups in total. The summed E-state index contributed by atoms with van der Waals surface area (Å²) in [7, 11) is 0. The molecule has 1 saturated heterocycles. The van der Waals surface area contributed by atoms with Gasteiger partial charge in [-0.05, 0) is 43.0 Å². The van der Waals surface area contributed by atoms with Crippen LogP contribution in [0.25, 0.3) is 10.9 Å². The number of fused-ring (bicyclic) bond motifs is 1. The summed E-state index contributed by atoms with van der Waals surface area (Å²) >= 11 is 1.60. The van der Waals surface area contributed by atoms with E-state index in [0.29, 0.717) is 11.7 Å². The fourth-order valence-electron chi connectivity index (χ4n) is 4.23. The average Bonchev–Trinajstić information content (AvgIpc) is 3.45. The van der Waals surface area contributed by atoms with Crippen molar-refractivity contribution in [1.29, 1.82) is 0 Å². The van der Waals surface area contributed by atoms with Crippen molar-refractivity contribution < 1.29 is 19.4 Å². The van der Waals surface area contributed by atoms with Crippen LogP contribution in [0.3, 0.4) is 0 Å². The monoisotopic (exact) mass is 465 g/mol. The van der Waals surface area contributed by atoms with Gasteiger partial charge < -0.3 is 24.9 Å². The van der Waals surface area contributed by atoms with Gasteiger partial charge in [-0.3, -0.25) is 9.79 Å². The maximum Gasteiger partial charge on any atom is 0.305 e. The summed E-state index contributed by atoms with van der Waals surface area (Å²) in [6.07, 6.45) is 2.18. The van der Waals surface area contributed by atoms with Crippen molar-refractivity contribution in [1.82, 2.24) is 4.98 Å². The lowest BCUT2D eigenvalue weighted by molar-refractivity contribution is -0.137. The molecule has 3 aromatic rings. The molecule has 0 amide bonds. The lowest BCUT2D eigenvalue weighted by Crippen LogP contribution is -2.22. The number of aliphatic carboxylic acids is 1. The molecule has 1 aromatic heterocycles. The maximum absolute atomic E-state index is 11.1. The van der Waals surface area contributed by atoms with Crippen molar-refractivity contribution in [3.8, 4) is 11.5 Å². The van der Waals surface area contributed by atoms with Gasteiger partial charge in [0.05, 0.1) is 29.4 Å². The highest BCUT2D eigenvalue weighted by Crippen LogP contribution is 2.35. The zero-order valence-electron chi connectivity index (χ0n) is 18.3. The lowest BCUT2D eigenvalue weighted by atomic mass is 10.0. The predicted molar refractivity (Wildman–Crippen MR) is 132 cm³/mol. The molecule has 2 aromatic carbocycles. The van der Waals surface area contributed by atoms with Gasteiger partial charge in [0.25, 0.3) is 0 Å². The zero-order chi connectivity index (χ0) is 22.6. The summed E-state index contributed by atoms with van der Waals surface area (Å²) in [5.74, 6) is 2.00. The van der Waals surface area contributed by atoms with E-state index in [1.165, 1.54) is 0 Å². The average molecular weight is 466 g/mol. The number of H-pyrrole nitrogens is 1. The summed E-state index contributed by atoms with van der Waals surface area (Å²) in [6, 6.07) is 15.7. The van der Waals surface area contributed by atoms with Gasteiger partial charge in [-0.2, -0.15) is 0 Å². The van der Waals surface area contributed by atoms with Crippen LogP contribution in [0.2, 0.25) is 0 Å². The van der Waals surface area contributed by atoms with Crippen LogP contribution >= 0.6 is 11.8 Å². The number of carboxylic acid groups (broad SMARTS) is 1. The second-order valence-corrected chi connectivity index (χ2v) is 9.48. The third kappa shape index (κ3) is 5.34. The highest BCUT2D eigenvalue weighted by Gasteiger charge is 2.23. The minimum atomic E-state index is -0.815. The van der Waals surface area contributed by atoms with Crippen LogP contribution in [0.1, 0.15) is 25.0 Å². The van der Waals surface area contributed by atoms with E-state index < -0.39 is 5.97 Å². The number of carboxylic acids is 1. The van der Waals surface area contributed by atoms with Crippen molar-refractivity contribution in [3.63, 3.8) is 0 Å². The Morgan fingerprint density at radius 2 is 2.00 bits per heavy atom. The summed E-state index contributed by atoms with van der Waals surface area (Å²) in [4.78, 5) is 19.2. The van der Waals surface area contributed by atoms with Gasteiger partial charge in [-0.1, -0.05) is 18.2 Å². The number of carbonyl (C=O) groups is 1. The van der Waals surface area contributed by atoms with E-state index in [4.69, 9.17) is 14.6 Å². The molecule has 1 atom stereocenters. The first-order valence-corrected chi connectivity index (χ1v) is 12.3. The normalized spacial score (nSPS) is 18.9. The topological polar surface area (TPSA) is 95.9 Å². The van der Waals surface area contributed by atoms with Crippen molar-refractivity contribution >= 4 is 39.4 Å². The van der Waals surface area contributed by atoms with Gasteiger partial charge in [-0.15, -0.1) is 11.8 Å². The third-order valence-electron chi connectivity index (χ3n) is 5.96. The molecule has 0 saturated carbocycles. The van der Waals surface area contributed by atoms with Crippen molar-refractivity contribution in [3.05, 3.63) is 54.2 Å². The largest absolute Gasteiger partial charge is 0.481 e. The molecule has 0 spiro atoms. The third-order valence-corrected chi connectivity index (χ3v) is 7.11. The Balaban J connectivity index is 1.44. The smallest absolute Gasteiger partial charge is 0.305 e. The quantitative estimate of drug-likeness (QED) is 0.427. The molecule has 172 valence electrons. The number of ether oxygens (including phenoxy) is 2. The molecule has 33 heavy (non-hydrogen) atoms. The molecular formula is C25H27N3O4S. The minimum Gasteiger partial charge on any atom is -0.481 e.